The molecule has 5 heteroatoms. The first-order valence-electron chi connectivity index (χ1n) is 6.58. The molecule has 0 fully saturated rings. The van der Waals surface area contributed by atoms with Crippen molar-refractivity contribution < 1.29 is 4.42 Å². The molecule has 1 atom stereocenters. The monoisotopic (exact) mass is 268 g/mol. The van der Waals surface area contributed by atoms with E-state index in [2.05, 4.69) is 15.0 Å². The molecule has 1 aromatic carbocycles. The number of aromatic nitrogens is 3. The Balaban J connectivity index is 2.05. The zero-order valence-corrected chi connectivity index (χ0v) is 11.5. The molecule has 3 rings (SSSR count). The van der Waals surface area contributed by atoms with Crippen LogP contribution in [0.1, 0.15) is 24.6 Å². The van der Waals surface area contributed by atoms with E-state index < -0.39 is 0 Å². The zero-order valence-electron chi connectivity index (χ0n) is 11.5. The van der Waals surface area contributed by atoms with E-state index >= 15 is 0 Å². The Morgan fingerprint density at radius 3 is 2.90 bits per heavy atom. The van der Waals surface area contributed by atoms with E-state index in [4.69, 9.17) is 10.2 Å². The molecule has 0 aliphatic heterocycles. The highest BCUT2D eigenvalue weighted by molar-refractivity contribution is 5.79. The fourth-order valence-electron chi connectivity index (χ4n) is 2.08. The molecule has 0 aliphatic carbocycles. The van der Waals surface area contributed by atoms with Gasteiger partial charge in [-0.25, -0.2) is 15.0 Å². The lowest BCUT2D eigenvalue weighted by molar-refractivity contribution is 0.561. The van der Waals surface area contributed by atoms with Crippen LogP contribution in [-0.4, -0.2) is 21.5 Å². The number of aryl methyl sites for hydroxylation is 1. The van der Waals surface area contributed by atoms with Crippen molar-refractivity contribution in [2.24, 2.45) is 5.73 Å². The molecular formula is C15H16N4O. The molecule has 0 radical (unpaired) electrons. The van der Waals surface area contributed by atoms with Crippen LogP contribution in [0.15, 0.2) is 34.9 Å². The van der Waals surface area contributed by atoms with Gasteiger partial charge in [0.05, 0.1) is 5.69 Å². The summed E-state index contributed by atoms with van der Waals surface area (Å²) in [6.45, 7) is 4.39. The van der Waals surface area contributed by atoms with Crippen molar-refractivity contribution in [3.63, 3.8) is 0 Å². The predicted octanol–water partition coefficient (Wildman–Crippen LogP) is 2.66. The maximum atomic E-state index is 5.67. The Morgan fingerprint density at radius 1 is 1.25 bits per heavy atom. The summed E-state index contributed by atoms with van der Waals surface area (Å²) in [4.78, 5) is 13.2. The second kappa shape index (κ2) is 5.02. The van der Waals surface area contributed by atoms with Crippen LogP contribution in [0.5, 0.6) is 0 Å². The summed E-state index contributed by atoms with van der Waals surface area (Å²) in [5.41, 5.74) is 9.17. The molecule has 0 saturated carbocycles. The fourth-order valence-corrected chi connectivity index (χ4v) is 2.08. The lowest BCUT2D eigenvalue weighted by atomic mass is 10.1. The highest BCUT2D eigenvalue weighted by Crippen LogP contribution is 2.24. The molecule has 102 valence electrons. The summed E-state index contributed by atoms with van der Waals surface area (Å²) < 4.78 is 5.48. The van der Waals surface area contributed by atoms with Crippen LogP contribution in [0, 0.1) is 6.92 Å². The minimum atomic E-state index is 0.146. The van der Waals surface area contributed by atoms with Gasteiger partial charge in [-0.15, -0.1) is 0 Å². The lowest BCUT2D eigenvalue weighted by Crippen LogP contribution is -2.12. The van der Waals surface area contributed by atoms with E-state index in [0.717, 1.165) is 28.2 Å². The number of oxazole rings is 1. The SMILES string of the molecule is Cc1nc2cc(-c3ccnc(C(C)CN)n3)ccc2o1. The third-order valence-corrected chi connectivity index (χ3v) is 3.26. The summed E-state index contributed by atoms with van der Waals surface area (Å²) in [7, 11) is 0. The van der Waals surface area contributed by atoms with Crippen molar-refractivity contribution in [2.75, 3.05) is 6.54 Å². The first-order valence-corrected chi connectivity index (χ1v) is 6.58. The number of benzene rings is 1. The average Bonchev–Trinajstić information content (AvgIpc) is 2.85. The van der Waals surface area contributed by atoms with Crippen molar-refractivity contribution >= 4 is 11.1 Å². The second-order valence-corrected chi connectivity index (χ2v) is 4.85. The third kappa shape index (κ3) is 2.28. The van der Waals surface area contributed by atoms with Crippen LogP contribution < -0.4 is 5.73 Å². The van der Waals surface area contributed by atoms with Gasteiger partial charge in [0, 0.05) is 31.1 Å². The number of hydrogen-bond donors (Lipinski definition) is 1. The Kier molecular flexibility index (Phi) is 3.20. The summed E-state index contributed by atoms with van der Waals surface area (Å²) >= 11 is 0. The van der Waals surface area contributed by atoms with Gasteiger partial charge >= 0.3 is 0 Å². The second-order valence-electron chi connectivity index (χ2n) is 4.85. The number of fused-ring (bicyclic) bond motifs is 1. The number of nitrogens with zero attached hydrogens (tertiary/aromatic N) is 3. The maximum absolute atomic E-state index is 5.67. The van der Waals surface area contributed by atoms with E-state index in [1.54, 1.807) is 6.20 Å². The lowest BCUT2D eigenvalue weighted by Gasteiger charge is -2.08. The van der Waals surface area contributed by atoms with E-state index in [0.29, 0.717) is 12.4 Å². The van der Waals surface area contributed by atoms with E-state index in [-0.39, 0.29) is 5.92 Å². The van der Waals surface area contributed by atoms with Gasteiger partial charge < -0.3 is 10.2 Å². The Hall–Kier alpha value is -2.27. The molecule has 2 heterocycles. The van der Waals surface area contributed by atoms with Crippen LogP contribution in [0.25, 0.3) is 22.4 Å². The van der Waals surface area contributed by atoms with E-state index in [1.165, 1.54) is 0 Å². The summed E-state index contributed by atoms with van der Waals surface area (Å²) in [5, 5.41) is 0. The molecular weight excluding hydrogens is 252 g/mol. The van der Waals surface area contributed by atoms with Crippen LogP contribution in [0.3, 0.4) is 0 Å². The van der Waals surface area contributed by atoms with Crippen LogP contribution in [-0.2, 0) is 0 Å². The Morgan fingerprint density at radius 2 is 2.10 bits per heavy atom. The third-order valence-electron chi connectivity index (χ3n) is 3.26. The number of hydrogen-bond acceptors (Lipinski definition) is 5. The zero-order chi connectivity index (χ0) is 14.1. The molecule has 1 unspecified atom stereocenters. The molecule has 3 aromatic rings. The average molecular weight is 268 g/mol. The van der Waals surface area contributed by atoms with Gasteiger partial charge in [0.2, 0.25) is 0 Å². The van der Waals surface area contributed by atoms with Gasteiger partial charge in [0.15, 0.2) is 11.5 Å². The van der Waals surface area contributed by atoms with E-state index in [9.17, 15) is 0 Å². The first-order chi connectivity index (χ1) is 9.67. The standard InChI is InChI=1S/C15H16N4O/c1-9(8-16)15-17-6-5-12(19-15)11-3-4-14-13(7-11)18-10(2)20-14/h3-7,9H,8,16H2,1-2H3. The van der Waals surface area contributed by atoms with Crippen molar-refractivity contribution in [3.05, 3.63) is 42.2 Å². The number of nitrogens with two attached hydrogens (primary N) is 1. The van der Waals surface area contributed by atoms with Crippen molar-refractivity contribution in [1.82, 2.24) is 15.0 Å². The van der Waals surface area contributed by atoms with Crippen LogP contribution >= 0.6 is 0 Å². The van der Waals surface area contributed by atoms with E-state index in [1.807, 2.05) is 38.1 Å². The Bertz CT molecular complexity index is 750. The van der Waals surface area contributed by atoms with Gasteiger partial charge in [0.1, 0.15) is 11.3 Å². The minimum Gasteiger partial charge on any atom is -0.441 e. The smallest absolute Gasteiger partial charge is 0.192 e. The van der Waals surface area contributed by atoms with Crippen LogP contribution in [0.4, 0.5) is 0 Å². The molecule has 5 nitrogen and oxygen atoms in total. The highest BCUT2D eigenvalue weighted by Gasteiger charge is 2.10. The molecule has 0 aliphatic rings. The Labute approximate surface area is 116 Å². The molecule has 0 amide bonds. The van der Waals surface area contributed by atoms with Crippen molar-refractivity contribution in [2.45, 2.75) is 19.8 Å². The minimum absolute atomic E-state index is 0.146. The van der Waals surface area contributed by atoms with Gasteiger partial charge in [-0.1, -0.05) is 6.92 Å². The number of rotatable bonds is 3. The molecule has 0 spiro atoms. The van der Waals surface area contributed by atoms with Crippen molar-refractivity contribution in [1.29, 1.82) is 0 Å². The van der Waals surface area contributed by atoms with Gasteiger partial charge in [-0.3, -0.25) is 0 Å². The maximum Gasteiger partial charge on any atom is 0.192 e. The first kappa shape index (κ1) is 12.7. The fraction of sp³-hybridized carbons (Fsp3) is 0.267. The summed E-state index contributed by atoms with van der Waals surface area (Å²) in [6, 6.07) is 7.76. The van der Waals surface area contributed by atoms with Crippen molar-refractivity contribution in [3.8, 4) is 11.3 Å². The van der Waals surface area contributed by atoms with Gasteiger partial charge in [-0.05, 0) is 24.3 Å². The quantitative estimate of drug-likeness (QED) is 0.790. The van der Waals surface area contributed by atoms with Gasteiger partial charge in [-0.2, -0.15) is 0 Å². The molecule has 20 heavy (non-hydrogen) atoms. The normalized spacial score (nSPS) is 12.8. The molecule has 2 aromatic heterocycles. The molecule has 0 bridgehead atoms. The largest absolute Gasteiger partial charge is 0.441 e. The van der Waals surface area contributed by atoms with Crippen LogP contribution in [0.2, 0.25) is 0 Å². The summed E-state index contributed by atoms with van der Waals surface area (Å²) in [6.07, 6.45) is 1.77. The highest BCUT2D eigenvalue weighted by atomic mass is 16.3. The molecule has 2 N–H and O–H groups in total. The summed E-state index contributed by atoms with van der Waals surface area (Å²) in [5.74, 6) is 1.58. The molecule has 0 saturated heterocycles. The van der Waals surface area contributed by atoms with Gasteiger partial charge in [0.25, 0.3) is 0 Å². The topological polar surface area (TPSA) is 77.8 Å². The predicted molar refractivity (Wildman–Crippen MR) is 77.2 cm³/mol.